The van der Waals surface area contributed by atoms with Crippen molar-refractivity contribution in [2.75, 3.05) is 0 Å². The van der Waals surface area contributed by atoms with E-state index in [1.165, 1.54) is 11.8 Å². The second kappa shape index (κ2) is 8.52. The molecule has 5 nitrogen and oxygen atoms in total. The molecule has 1 aromatic heterocycles. The van der Waals surface area contributed by atoms with Gasteiger partial charge in [0.05, 0.1) is 16.2 Å². The summed E-state index contributed by atoms with van der Waals surface area (Å²) in [6.45, 7) is 8.17. The van der Waals surface area contributed by atoms with Crippen LogP contribution in [0.5, 0.6) is 0 Å². The molecule has 0 spiro atoms. The van der Waals surface area contributed by atoms with Crippen LogP contribution in [-0.2, 0) is 4.79 Å². The number of hydrogen-bond acceptors (Lipinski definition) is 4. The number of para-hydroxylation sites is 1. The molecule has 136 valence electrons. The van der Waals surface area contributed by atoms with Gasteiger partial charge in [-0.15, -0.1) is 0 Å². The minimum atomic E-state index is -0.442. The molecule has 0 bridgehead atoms. The molecule has 0 fully saturated rings. The van der Waals surface area contributed by atoms with Crippen LogP contribution in [0, 0.1) is 5.92 Å². The van der Waals surface area contributed by atoms with Crippen molar-refractivity contribution in [2.24, 2.45) is 11.7 Å². The van der Waals surface area contributed by atoms with Crippen LogP contribution >= 0.6 is 11.8 Å². The number of nitrogens with two attached hydrogens (primary N) is 1. The summed E-state index contributed by atoms with van der Waals surface area (Å²) < 4.78 is 1.73. The van der Waals surface area contributed by atoms with Crippen molar-refractivity contribution < 1.29 is 4.79 Å². The van der Waals surface area contributed by atoms with Crippen molar-refractivity contribution >= 4 is 28.6 Å². The van der Waals surface area contributed by atoms with Gasteiger partial charge in [-0.25, -0.2) is 4.98 Å². The summed E-state index contributed by atoms with van der Waals surface area (Å²) >= 11 is 1.25. The molecule has 0 aliphatic carbocycles. The maximum absolute atomic E-state index is 13.0. The predicted molar refractivity (Wildman–Crippen MR) is 104 cm³/mol. The third kappa shape index (κ3) is 4.84. The number of carbonyl (C=O) groups is 1. The maximum atomic E-state index is 13.0. The lowest BCUT2D eigenvalue weighted by Crippen LogP contribution is -2.29. The van der Waals surface area contributed by atoms with Gasteiger partial charge in [0, 0.05) is 6.04 Å². The summed E-state index contributed by atoms with van der Waals surface area (Å²) in [6, 6.07) is 7.35. The molecule has 0 saturated carbocycles. The first-order chi connectivity index (χ1) is 11.8. The van der Waals surface area contributed by atoms with Crippen LogP contribution in [-0.4, -0.2) is 20.7 Å². The van der Waals surface area contributed by atoms with E-state index in [1.807, 2.05) is 25.1 Å². The number of thioether (sulfide) groups is 1. The molecule has 2 atom stereocenters. The second-order valence-electron chi connectivity index (χ2n) is 6.92. The molecule has 0 unspecified atom stereocenters. The number of hydrogen-bond donors (Lipinski definition) is 1. The van der Waals surface area contributed by atoms with E-state index in [4.69, 9.17) is 5.73 Å². The molecule has 2 rings (SSSR count). The van der Waals surface area contributed by atoms with Crippen LogP contribution in [0.15, 0.2) is 34.2 Å². The van der Waals surface area contributed by atoms with Crippen molar-refractivity contribution in [2.45, 2.75) is 63.4 Å². The number of primary amides is 1. The molecule has 1 heterocycles. The number of rotatable bonds is 8. The largest absolute Gasteiger partial charge is 0.369 e. The summed E-state index contributed by atoms with van der Waals surface area (Å²) in [5, 5.41) is 0.725. The van der Waals surface area contributed by atoms with Crippen LogP contribution in [0.3, 0.4) is 0 Å². The molecule has 1 aromatic carbocycles. The van der Waals surface area contributed by atoms with Gasteiger partial charge in [0.15, 0.2) is 5.16 Å². The van der Waals surface area contributed by atoms with E-state index in [0.717, 1.165) is 19.3 Å². The van der Waals surface area contributed by atoms with E-state index >= 15 is 0 Å². The van der Waals surface area contributed by atoms with Crippen molar-refractivity contribution in [1.82, 2.24) is 9.55 Å². The van der Waals surface area contributed by atoms with Gasteiger partial charge in [0.1, 0.15) is 0 Å². The fourth-order valence-corrected chi connectivity index (χ4v) is 3.72. The fraction of sp³-hybridized carbons (Fsp3) is 0.526. The Morgan fingerprint density at radius 1 is 1.20 bits per heavy atom. The zero-order chi connectivity index (χ0) is 18.6. The van der Waals surface area contributed by atoms with Crippen molar-refractivity contribution in [3.05, 3.63) is 34.6 Å². The Balaban J connectivity index is 2.44. The molecule has 2 aromatic rings. The Morgan fingerprint density at radius 3 is 2.52 bits per heavy atom. The van der Waals surface area contributed by atoms with Gasteiger partial charge in [0.25, 0.3) is 5.56 Å². The van der Waals surface area contributed by atoms with Gasteiger partial charge in [-0.3, -0.25) is 14.2 Å². The summed E-state index contributed by atoms with van der Waals surface area (Å²) in [4.78, 5) is 29.1. The van der Waals surface area contributed by atoms with E-state index in [1.54, 1.807) is 17.6 Å². The SMILES string of the molecule is CC(C)CCC[C@@H](C)n1c(S[C@H](C)C(N)=O)nc2ccccc2c1=O. The normalized spacial score (nSPS) is 14.0. The van der Waals surface area contributed by atoms with Gasteiger partial charge in [-0.05, 0) is 38.3 Å². The first kappa shape index (κ1) is 19.5. The molecule has 0 aliphatic rings. The van der Waals surface area contributed by atoms with E-state index in [2.05, 4.69) is 18.8 Å². The van der Waals surface area contributed by atoms with Crippen LogP contribution < -0.4 is 11.3 Å². The minimum Gasteiger partial charge on any atom is -0.369 e. The fourth-order valence-electron chi connectivity index (χ4n) is 2.76. The number of fused-ring (bicyclic) bond motifs is 1. The Kier molecular flexibility index (Phi) is 6.64. The molecule has 0 radical (unpaired) electrons. The summed E-state index contributed by atoms with van der Waals surface area (Å²) in [6.07, 6.45) is 3.07. The maximum Gasteiger partial charge on any atom is 0.262 e. The van der Waals surface area contributed by atoms with Crippen molar-refractivity contribution in [3.63, 3.8) is 0 Å². The van der Waals surface area contributed by atoms with Gasteiger partial charge in [-0.2, -0.15) is 0 Å². The summed E-state index contributed by atoms with van der Waals surface area (Å²) in [5.41, 5.74) is 6.00. The lowest BCUT2D eigenvalue weighted by Gasteiger charge is -2.21. The zero-order valence-corrected chi connectivity index (χ0v) is 16.2. The quantitative estimate of drug-likeness (QED) is 0.574. The van der Waals surface area contributed by atoms with E-state index in [0.29, 0.717) is 22.0 Å². The monoisotopic (exact) mass is 361 g/mol. The van der Waals surface area contributed by atoms with Crippen LogP contribution in [0.1, 0.15) is 53.0 Å². The number of carbonyl (C=O) groups excluding carboxylic acids is 1. The summed E-state index contributed by atoms with van der Waals surface area (Å²) in [5.74, 6) is 0.230. The minimum absolute atomic E-state index is 0.0194. The Labute approximate surface area is 153 Å². The first-order valence-corrected chi connectivity index (χ1v) is 9.66. The number of amides is 1. The van der Waals surface area contributed by atoms with Gasteiger partial charge in [0.2, 0.25) is 5.91 Å². The van der Waals surface area contributed by atoms with Crippen LogP contribution in [0.2, 0.25) is 0 Å². The van der Waals surface area contributed by atoms with Gasteiger partial charge in [-0.1, -0.05) is 50.6 Å². The van der Waals surface area contributed by atoms with E-state index in [9.17, 15) is 9.59 Å². The average molecular weight is 362 g/mol. The zero-order valence-electron chi connectivity index (χ0n) is 15.4. The molecule has 1 amide bonds. The second-order valence-corrected chi connectivity index (χ2v) is 8.23. The highest BCUT2D eigenvalue weighted by atomic mass is 32.2. The Morgan fingerprint density at radius 2 is 1.88 bits per heavy atom. The lowest BCUT2D eigenvalue weighted by atomic mass is 10.0. The third-order valence-corrected chi connectivity index (χ3v) is 5.39. The van der Waals surface area contributed by atoms with Crippen molar-refractivity contribution in [1.29, 1.82) is 0 Å². The standard InChI is InChI=1S/C19H27N3O2S/c1-12(2)8-7-9-13(3)22-18(24)15-10-5-6-11-16(15)21-19(22)25-14(4)17(20)23/h5-6,10-14H,7-9H2,1-4H3,(H2,20,23)/t13-,14-/m1/s1. The smallest absolute Gasteiger partial charge is 0.262 e. The number of benzene rings is 1. The molecule has 25 heavy (non-hydrogen) atoms. The highest BCUT2D eigenvalue weighted by molar-refractivity contribution is 8.00. The first-order valence-electron chi connectivity index (χ1n) is 8.78. The lowest BCUT2D eigenvalue weighted by molar-refractivity contribution is -0.117. The predicted octanol–water partition coefficient (Wildman–Crippen LogP) is 3.75. The number of nitrogens with zero attached hydrogens (tertiary/aromatic N) is 2. The van der Waals surface area contributed by atoms with E-state index in [-0.39, 0.29) is 11.6 Å². The molecule has 0 saturated heterocycles. The molecular formula is C19H27N3O2S. The van der Waals surface area contributed by atoms with Gasteiger partial charge < -0.3 is 5.73 Å². The topological polar surface area (TPSA) is 78.0 Å². The van der Waals surface area contributed by atoms with Crippen molar-refractivity contribution in [3.8, 4) is 0 Å². The third-order valence-electron chi connectivity index (χ3n) is 4.30. The van der Waals surface area contributed by atoms with Crippen LogP contribution in [0.25, 0.3) is 10.9 Å². The molecular weight excluding hydrogens is 334 g/mol. The number of aromatic nitrogens is 2. The van der Waals surface area contributed by atoms with Gasteiger partial charge >= 0.3 is 0 Å². The average Bonchev–Trinajstić information content (AvgIpc) is 2.54. The van der Waals surface area contributed by atoms with Crippen LogP contribution in [0.4, 0.5) is 0 Å². The molecule has 0 aliphatic heterocycles. The highest BCUT2D eigenvalue weighted by Crippen LogP contribution is 2.26. The van der Waals surface area contributed by atoms with E-state index < -0.39 is 11.2 Å². The highest BCUT2D eigenvalue weighted by Gasteiger charge is 2.20. The Hall–Kier alpha value is -1.82. The molecule has 6 heteroatoms. The molecule has 2 N–H and O–H groups in total. The Bertz CT molecular complexity index is 801. The summed E-state index contributed by atoms with van der Waals surface area (Å²) in [7, 11) is 0.